The molecule has 1 amide bonds. The molecule has 212 valence electrons. The highest BCUT2D eigenvalue weighted by molar-refractivity contribution is 9.10. The lowest BCUT2D eigenvalue weighted by molar-refractivity contribution is -0.127. The van der Waals surface area contributed by atoms with Crippen molar-refractivity contribution in [3.63, 3.8) is 0 Å². The summed E-state index contributed by atoms with van der Waals surface area (Å²) < 4.78 is 23.2. The number of halogens is 1. The Morgan fingerprint density at radius 3 is 2.45 bits per heavy atom. The van der Waals surface area contributed by atoms with Crippen LogP contribution in [0.1, 0.15) is 23.1 Å². The first-order valence-electron chi connectivity index (χ1n) is 13.0. The number of hydrazine groups is 1. The molecule has 0 radical (unpaired) electrons. The molecule has 0 aromatic heterocycles. The second-order valence-corrected chi connectivity index (χ2v) is 10.2. The van der Waals surface area contributed by atoms with Gasteiger partial charge in [-0.3, -0.25) is 10.2 Å². The van der Waals surface area contributed by atoms with E-state index in [1.165, 1.54) is 0 Å². The van der Waals surface area contributed by atoms with Crippen LogP contribution in [0.15, 0.2) is 76.2 Å². The molecule has 1 aliphatic heterocycles. The van der Waals surface area contributed by atoms with Crippen molar-refractivity contribution in [1.29, 1.82) is 0 Å². The van der Waals surface area contributed by atoms with E-state index >= 15 is 0 Å². The molecule has 3 N–H and O–H groups in total. The van der Waals surface area contributed by atoms with Gasteiger partial charge in [0, 0.05) is 36.0 Å². The molecule has 0 fully saturated rings. The molecule has 0 unspecified atom stereocenters. The highest BCUT2D eigenvalue weighted by atomic mass is 79.9. The minimum absolute atomic E-state index is 0.0797. The van der Waals surface area contributed by atoms with Gasteiger partial charge < -0.3 is 24.1 Å². The Morgan fingerprint density at radius 1 is 1.02 bits per heavy atom. The number of ether oxygens (including phenoxy) is 4. The van der Waals surface area contributed by atoms with Crippen LogP contribution < -0.4 is 25.1 Å². The Balaban J connectivity index is 1.45. The molecule has 0 bridgehead atoms. The zero-order valence-electron chi connectivity index (χ0n) is 22.6. The largest absolute Gasteiger partial charge is 0.494 e. The summed E-state index contributed by atoms with van der Waals surface area (Å²) in [5, 5.41) is 8.94. The van der Waals surface area contributed by atoms with Crippen LogP contribution in [0.4, 0.5) is 0 Å². The Labute approximate surface area is 242 Å². The number of carbonyl (C=O) groups is 1. The summed E-state index contributed by atoms with van der Waals surface area (Å²) in [4.78, 5) is 18.4. The van der Waals surface area contributed by atoms with Crippen LogP contribution in [0, 0.1) is 0 Å². The van der Waals surface area contributed by atoms with Crippen LogP contribution in [0.2, 0.25) is 0 Å². The van der Waals surface area contributed by atoms with E-state index < -0.39 is 5.54 Å². The number of aliphatic hydroxyl groups excluding tert-OH is 1. The quantitative estimate of drug-likeness (QED) is 0.188. The number of aliphatic hydroxyl groups is 1. The van der Waals surface area contributed by atoms with Crippen LogP contribution in [0.3, 0.4) is 0 Å². The summed E-state index contributed by atoms with van der Waals surface area (Å²) in [6.45, 7) is 1.13. The lowest BCUT2D eigenvalue weighted by Gasteiger charge is -2.23. The molecule has 1 aliphatic rings. The highest BCUT2D eigenvalue weighted by Crippen LogP contribution is 2.29. The molecule has 3 aromatic carbocycles. The van der Waals surface area contributed by atoms with Crippen molar-refractivity contribution in [3.05, 3.63) is 87.9 Å². The van der Waals surface area contributed by atoms with Gasteiger partial charge in [0.15, 0.2) is 17.0 Å². The molecular weight excluding hydrogens is 578 g/mol. The maximum absolute atomic E-state index is 13.6. The number of hydrogen-bond donors (Lipinski definition) is 3. The fourth-order valence-corrected chi connectivity index (χ4v) is 4.54. The molecule has 0 aliphatic carbocycles. The number of methoxy groups -OCH3 is 2. The van der Waals surface area contributed by atoms with Crippen molar-refractivity contribution in [2.24, 2.45) is 4.99 Å². The number of aliphatic imine (C=N–C) groups is 1. The van der Waals surface area contributed by atoms with E-state index in [0.29, 0.717) is 55.6 Å². The minimum atomic E-state index is -1.14. The van der Waals surface area contributed by atoms with Crippen molar-refractivity contribution < 1.29 is 28.8 Å². The summed E-state index contributed by atoms with van der Waals surface area (Å²) in [7, 11) is 3.20. The predicted molar refractivity (Wildman–Crippen MR) is 156 cm³/mol. The number of amides is 1. The molecule has 1 heterocycles. The maximum atomic E-state index is 13.6. The van der Waals surface area contributed by atoms with Gasteiger partial charge in [-0.25, -0.2) is 10.4 Å². The number of benzene rings is 3. The lowest BCUT2D eigenvalue weighted by Crippen LogP contribution is -2.53. The van der Waals surface area contributed by atoms with Crippen molar-refractivity contribution in [2.45, 2.75) is 24.8 Å². The number of nitrogens with zero attached hydrogens (tertiary/aromatic N) is 1. The van der Waals surface area contributed by atoms with Gasteiger partial charge in [-0.05, 0) is 66.1 Å². The third-order valence-electron chi connectivity index (χ3n) is 6.46. The lowest BCUT2D eigenvalue weighted by atomic mass is 9.91. The first kappa shape index (κ1) is 29.4. The SMILES string of the molecule is COc1ccc(CCNNC(=O)[C@]2(Cc3ccc(Br)cc3)COC(c3ccc(OCCCO)cc3)=N2)cc1OC. The van der Waals surface area contributed by atoms with Gasteiger partial charge >= 0.3 is 0 Å². The van der Waals surface area contributed by atoms with E-state index in [2.05, 4.69) is 26.8 Å². The van der Waals surface area contributed by atoms with E-state index in [1.807, 2.05) is 66.7 Å². The second-order valence-electron chi connectivity index (χ2n) is 9.31. The molecule has 10 heteroatoms. The van der Waals surface area contributed by atoms with Gasteiger partial charge in [0.1, 0.15) is 12.4 Å². The zero-order chi connectivity index (χ0) is 28.4. The van der Waals surface area contributed by atoms with Crippen molar-refractivity contribution in [2.75, 3.05) is 40.6 Å². The number of carbonyl (C=O) groups excluding carboxylic acids is 1. The Kier molecular flexibility index (Phi) is 10.4. The fraction of sp³-hybridized carbons (Fsp3) is 0.333. The molecule has 40 heavy (non-hydrogen) atoms. The average Bonchev–Trinajstić information content (AvgIpc) is 3.42. The Bertz CT molecular complexity index is 1300. The van der Waals surface area contributed by atoms with E-state index in [-0.39, 0.29) is 19.1 Å². The van der Waals surface area contributed by atoms with E-state index in [4.69, 9.17) is 29.0 Å². The van der Waals surface area contributed by atoms with Gasteiger partial charge in [-0.1, -0.05) is 34.1 Å². The molecule has 1 atom stereocenters. The second kappa shape index (κ2) is 14.2. The van der Waals surface area contributed by atoms with Crippen LogP contribution in [0.5, 0.6) is 17.2 Å². The first-order chi connectivity index (χ1) is 19.5. The summed E-state index contributed by atoms with van der Waals surface area (Å²) >= 11 is 3.47. The third-order valence-corrected chi connectivity index (χ3v) is 6.99. The van der Waals surface area contributed by atoms with E-state index in [9.17, 15) is 4.79 Å². The Morgan fingerprint density at radius 2 is 1.75 bits per heavy atom. The van der Waals surface area contributed by atoms with Crippen molar-refractivity contribution >= 4 is 27.7 Å². The Hall–Kier alpha value is -3.60. The van der Waals surface area contributed by atoms with Gasteiger partial charge in [-0.2, -0.15) is 0 Å². The van der Waals surface area contributed by atoms with Gasteiger partial charge in [0.05, 0.1) is 20.8 Å². The monoisotopic (exact) mass is 611 g/mol. The van der Waals surface area contributed by atoms with Crippen molar-refractivity contribution in [1.82, 2.24) is 10.9 Å². The standard InChI is InChI=1S/C30H34BrN3O6/c1-37-26-13-6-21(18-27(26)38-2)14-15-32-34-29(36)30(19-22-4-9-24(31)10-5-22)20-40-28(33-30)23-7-11-25(12-8-23)39-17-3-16-35/h4-13,18,32,35H,3,14-17,19-20H2,1-2H3,(H,34,36)/t30-/m0/s1. The number of rotatable bonds is 14. The number of hydrogen-bond acceptors (Lipinski definition) is 8. The van der Waals surface area contributed by atoms with Gasteiger partial charge in [0.25, 0.3) is 5.91 Å². The van der Waals surface area contributed by atoms with Gasteiger partial charge in [0.2, 0.25) is 5.90 Å². The van der Waals surface area contributed by atoms with Crippen LogP contribution in [-0.2, 0) is 22.4 Å². The summed E-state index contributed by atoms with van der Waals surface area (Å²) in [5.74, 6) is 2.14. The molecule has 4 rings (SSSR count). The highest BCUT2D eigenvalue weighted by Gasteiger charge is 2.44. The average molecular weight is 613 g/mol. The number of nitrogens with one attached hydrogen (secondary N) is 2. The van der Waals surface area contributed by atoms with E-state index in [1.54, 1.807) is 14.2 Å². The molecule has 0 saturated carbocycles. The topological polar surface area (TPSA) is 111 Å². The summed E-state index contributed by atoms with van der Waals surface area (Å²) in [6, 6.07) is 20.9. The van der Waals surface area contributed by atoms with Crippen LogP contribution >= 0.6 is 15.9 Å². The molecule has 0 spiro atoms. The van der Waals surface area contributed by atoms with E-state index in [0.717, 1.165) is 21.2 Å². The third kappa shape index (κ3) is 7.53. The van der Waals surface area contributed by atoms with Crippen LogP contribution in [0.25, 0.3) is 0 Å². The minimum Gasteiger partial charge on any atom is -0.494 e. The normalized spacial score (nSPS) is 16.1. The molecule has 3 aromatic rings. The van der Waals surface area contributed by atoms with Crippen molar-refractivity contribution in [3.8, 4) is 17.2 Å². The first-order valence-corrected chi connectivity index (χ1v) is 13.8. The van der Waals surface area contributed by atoms with Gasteiger partial charge in [-0.15, -0.1) is 0 Å². The molecule has 9 nitrogen and oxygen atoms in total. The van der Waals surface area contributed by atoms with Crippen LogP contribution in [-0.4, -0.2) is 63.0 Å². The fourth-order valence-electron chi connectivity index (χ4n) is 4.27. The smallest absolute Gasteiger partial charge is 0.266 e. The summed E-state index contributed by atoms with van der Waals surface area (Å²) in [6.07, 6.45) is 1.60. The summed E-state index contributed by atoms with van der Waals surface area (Å²) in [5.41, 5.74) is 7.50. The maximum Gasteiger partial charge on any atom is 0.266 e. The molecular formula is C30H34BrN3O6. The predicted octanol–water partition coefficient (Wildman–Crippen LogP) is 3.85. The molecule has 0 saturated heterocycles. The zero-order valence-corrected chi connectivity index (χ0v) is 24.2.